The first-order valence-corrected chi connectivity index (χ1v) is 10.2. The summed E-state index contributed by atoms with van der Waals surface area (Å²) in [5.41, 5.74) is 2.28. The minimum Gasteiger partial charge on any atom is -0.458 e. The number of carbonyl (C=O) groups excluding carboxylic acids is 1. The molecule has 1 aromatic carbocycles. The Kier molecular flexibility index (Phi) is 8.02. The van der Waals surface area contributed by atoms with E-state index in [9.17, 15) is 10.1 Å². The van der Waals surface area contributed by atoms with Crippen molar-refractivity contribution in [2.75, 3.05) is 12.4 Å². The molecule has 0 spiro atoms. The molecule has 0 amide bonds. The zero-order chi connectivity index (χ0) is 19.8. The number of nitrogens with one attached hydrogen (secondary N) is 1. The number of unbranched alkanes of at least 4 members (excludes halogenated alkanes) is 1. The molecule has 1 unspecified atom stereocenters. The highest BCUT2D eigenvalue weighted by Crippen LogP contribution is 2.43. The SMILES string of the molecule is C=CCOC(=O)C1=C(C)NC(SCCCC)=C(C#N)C1c1ccccc1Cl. The first kappa shape index (κ1) is 21.1. The number of ether oxygens (including phenoxy) is 1. The Hall–Kier alpha value is -2.16. The lowest BCUT2D eigenvalue weighted by Gasteiger charge is -2.29. The maximum atomic E-state index is 12.7. The minimum atomic E-state index is -0.564. The number of nitriles is 1. The molecule has 1 atom stereocenters. The molecule has 142 valence electrons. The maximum Gasteiger partial charge on any atom is 0.337 e. The summed E-state index contributed by atoms with van der Waals surface area (Å²) < 4.78 is 5.28. The second kappa shape index (κ2) is 10.2. The van der Waals surface area contributed by atoms with Gasteiger partial charge >= 0.3 is 5.97 Å². The van der Waals surface area contributed by atoms with Crippen LogP contribution in [0.1, 0.15) is 38.2 Å². The van der Waals surface area contributed by atoms with Gasteiger partial charge in [-0.2, -0.15) is 5.26 Å². The largest absolute Gasteiger partial charge is 0.458 e. The molecule has 0 aliphatic carbocycles. The molecule has 0 saturated carbocycles. The fourth-order valence-corrected chi connectivity index (χ4v) is 4.27. The minimum absolute atomic E-state index is 0.106. The number of allylic oxidation sites excluding steroid dienone is 2. The van der Waals surface area contributed by atoms with Crippen LogP contribution in [0.25, 0.3) is 0 Å². The summed E-state index contributed by atoms with van der Waals surface area (Å²) in [5, 5.41) is 14.4. The molecule has 27 heavy (non-hydrogen) atoms. The van der Waals surface area contributed by atoms with Crippen LogP contribution in [-0.4, -0.2) is 18.3 Å². The number of hydrogen-bond acceptors (Lipinski definition) is 5. The van der Waals surface area contributed by atoms with E-state index in [0.29, 0.717) is 21.9 Å². The van der Waals surface area contributed by atoms with Crippen molar-refractivity contribution in [1.29, 1.82) is 5.26 Å². The van der Waals surface area contributed by atoms with Crippen LogP contribution in [0, 0.1) is 11.3 Å². The highest BCUT2D eigenvalue weighted by Gasteiger charge is 2.36. The fraction of sp³-hybridized carbons (Fsp3) is 0.333. The zero-order valence-corrected chi connectivity index (χ0v) is 17.1. The van der Waals surface area contributed by atoms with E-state index in [1.165, 1.54) is 6.08 Å². The lowest BCUT2D eigenvalue weighted by molar-refractivity contribution is -0.138. The summed E-state index contributed by atoms with van der Waals surface area (Å²) in [6.07, 6.45) is 3.63. The van der Waals surface area contributed by atoms with Crippen molar-refractivity contribution < 1.29 is 9.53 Å². The lowest BCUT2D eigenvalue weighted by atomic mass is 9.82. The third kappa shape index (κ3) is 4.97. The Labute approximate surface area is 169 Å². The van der Waals surface area contributed by atoms with E-state index in [1.54, 1.807) is 17.8 Å². The maximum absolute atomic E-state index is 12.7. The predicted octanol–water partition coefficient (Wildman–Crippen LogP) is 5.30. The number of carbonyl (C=O) groups is 1. The lowest BCUT2D eigenvalue weighted by Crippen LogP contribution is -2.29. The van der Waals surface area contributed by atoms with E-state index in [1.807, 2.05) is 25.1 Å². The van der Waals surface area contributed by atoms with Gasteiger partial charge in [-0.3, -0.25) is 0 Å². The number of halogens is 1. The smallest absolute Gasteiger partial charge is 0.337 e. The van der Waals surface area contributed by atoms with Crippen molar-refractivity contribution in [3.05, 3.63) is 69.4 Å². The van der Waals surface area contributed by atoms with E-state index in [4.69, 9.17) is 16.3 Å². The zero-order valence-electron chi connectivity index (χ0n) is 15.5. The molecule has 0 fully saturated rings. The summed E-state index contributed by atoms with van der Waals surface area (Å²) in [6, 6.07) is 9.58. The quantitative estimate of drug-likeness (QED) is 0.363. The van der Waals surface area contributed by atoms with Crippen LogP contribution < -0.4 is 5.32 Å². The molecule has 0 aromatic heterocycles. The van der Waals surface area contributed by atoms with Crippen LogP contribution in [0.3, 0.4) is 0 Å². The number of rotatable bonds is 8. The van der Waals surface area contributed by atoms with Crippen molar-refractivity contribution in [2.45, 2.75) is 32.6 Å². The highest BCUT2D eigenvalue weighted by molar-refractivity contribution is 8.03. The van der Waals surface area contributed by atoms with Gasteiger partial charge in [0.15, 0.2) is 0 Å². The van der Waals surface area contributed by atoms with Gasteiger partial charge in [0.05, 0.1) is 28.2 Å². The molecular formula is C21H23ClN2O2S. The number of hydrogen-bond donors (Lipinski definition) is 1. The first-order chi connectivity index (χ1) is 13.0. The van der Waals surface area contributed by atoms with E-state index < -0.39 is 11.9 Å². The molecule has 2 rings (SSSR count). The third-order valence-corrected chi connectivity index (χ3v) is 5.61. The average molecular weight is 403 g/mol. The van der Waals surface area contributed by atoms with Gasteiger partial charge in [0, 0.05) is 10.7 Å². The van der Waals surface area contributed by atoms with Gasteiger partial charge in [-0.1, -0.05) is 55.8 Å². The molecule has 0 bridgehead atoms. The van der Waals surface area contributed by atoms with Gasteiger partial charge in [0.1, 0.15) is 6.61 Å². The summed E-state index contributed by atoms with van der Waals surface area (Å²) in [7, 11) is 0. The van der Waals surface area contributed by atoms with Gasteiger partial charge in [-0.25, -0.2) is 4.79 Å². The van der Waals surface area contributed by atoms with Crippen molar-refractivity contribution in [3.8, 4) is 6.07 Å². The Bertz CT molecular complexity index is 824. The second-order valence-electron chi connectivity index (χ2n) is 6.06. The molecule has 1 N–H and O–H groups in total. The molecule has 1 aliphatic rings. The van der Waals surface area contributed by atoms with Gasteiger partial charge in [0.25, 0.3) is 0 Å². The van der Waals surface area contributed by atoms with Crippen LogP contribution >= 0.6 is 23.4 Å². The van der Waals surface area contributed by atoms with Crippen molar-refractivity contribution in [2.24, 2.45) is 0 Å². The van der Waals surface area contributed by atoms with E-state index in [0.717, 1.165) is 29.2 Å². The molecule has 0 saturated heterocycles. The summed E-state index contributed by atoms with van der Waals surface area (Å²) in [5.74, 6) is -0.149. The summed E-state index contributed by atoms with van der Waals surface area (Å²) in [4.78, 5) is 12.7. The topological polar surface area (TPSA) is 62.1 Å². The van der Waals surface area contributed by atoms with Crippen LogP contribution in [0.15, 0.2) is 58.8 Å². The standard InChI is InChI=1S/C21H23ClN2O2S/c1-4-6-12-27-20-16(13-23)19(15-9-7-8-10-17(15)22)18(14(3)24-20)21(25)26-11-5-2/h5,7-10,19,24H,2,4,6,11-12H2,1,3H3. The molecule has 1 heterocycles. The van der Waals surface area contributed by atoms with Gasteiger partial charge in [0.2, 0.25) is 0 Å². The Morgan fingerprint density at radius 1 is 1.48 bits per heavy atom. The molecule has 4 nitrogen and oxygen atoms in total. The monoisotopic (exact) mass is 402 g/mol. The molecule has 6 heteroatoms. The second-order valence-corrected chi connectivity index (χ2v) is 7.57. The molecular weight excluding hydrogens is 380 g/mol. The van der Waals surface area contributed by atoms with Crippen LogP contribution in [0.4, 0.5) is 0 Å². The number of nitrogens with zero attached hydrogens (tertiary/aromatic N) is 1. The van der Waals surface area contributed by atoms with Gasteiger partial charge < -0.3 is 10.1 Å². The molecule has 1 aromatic rings. The van der Waals surface area contributed by atoms with E-state index >= 15 is 0 Å². The number of esters is 1. The Morgan fingerprint density at radius 3 is 2.85 bits per heavy atom. The van der Waals surface area contributed by atoms with Crippen LogP contribution in [0.5, 0.6) is 0 Å². The molecule has 0 radical (unpaired) electrons. The first-order valence-electron chi connectivity index (χ1n) is 8.82. The highest BCUT2D eigenvalue weighted by atomic mass is 35.5. The average Bonchev–Trinajstić information content (AvgIpc) is 2.66. The van der Waals surface area contributed by atoms with E-state index in [2.05, 4.69) is 24.9 Å². The van der Waals surface area contributed by atoms with Crippen LogP contribution in [0.2, 0.25) is 5.02 Å². The number of thioether (sulfide) groups is 1. The third-order valence-electron chi connectivity index (χ3n) is 4.16. The Balaban J connectivity index is 2.55. The van der Waals surface area contributed by atoms with Crippen molar-refractivity contribution >= 4 is 29.3 Å². The fourth-order valence-electron chi connectivity index (χ4n) is 2.85. The Morgan fingerprint density at radius 2 is 2.22 bits per heavy atom. The molecule has 1 aliphatic heterocycles. The summed E-state index contributed by atoms with van der Waals surface area (Å²) in [6.45, 7) is 7.63. The normalized spacial score (nSPS) is 16.6. The van der Waals surface area contributed by atoms with Crippen molar-refractivity contribution in [1.82, 2.24) is 5.32 Å². The van der Waals surface area contributed by atoms with Gasteiger partial charge in [-0.15, -0.1) is 11.8 Å². The number of dihydropyridines is 1. The number of benzene rings is 1. The predicted molar refractivity (Wildman–Crippen MR) is 111 cm³/mol. The van der Waals surface area contributed by atoms with Gasteiger partial charge in [-0.05, 0) is 30.7 Å². The van der Waals surface area contributed by atoms with Crippen molar-refractivity contribution in [3.63, 3.8) is 0 Å². The van der Waals surface area contributed by atoms with E-state index in [-0.39, 0.29) is 6.61 Å². The van der Waals surface area contributed by atoms with Crippen LogP contribution in [-0.2, 0) is 9.53 Å². The summed E-state index contributed by atoms with van der Waals surface area (Å²) >= 11 is 8.02.